The van der Waals surface area contributed by atoms with Gasteiger partial charge in [0.2, 0.25) is 5.91 Å². The highest BCUT2D eigenvalue weighted by Gasteiger charge is 2.72. The zero-order valence-electron chi connectivity index (χ0n) is 20.6. The fourth-order valence-corrected chi connectivity index (χ4v) is 5.91. The highest BCUT2D eigenvalue weighted by Crippen LogP contribution is 2.61. The largest absolute Gasteiger partial charge is 0.479 e. The number of carbonyl (C=O) groups is 3. The summed E-state index contributed by atoms with van der Waals surface area (Å²) < 4.78 is 41.1. The number of halogens is 2. The van der Waals surface area contributed by atoms with Gasteiger partial charge in [0.05, 0.1) is 5.69 Å². The summed E-state index contributed by atoms with van der Waals surface area (Å²) in [5.74, 6) is -9.37. The average molecular weight is 515 g/mol. The highest BCUT2D eigenvalue weighted by atomic mass is 19.3. The average Bonchev–Trinajstić information content (AvgIpc) is 3.08. The Labute approximate surface area is 212 Å². The molecule has 6 atom stereocenters. The van der Waals surface area contributed by atoms with Gasteiger partial charge in [0.25, 0.3) is 5.92 Å². The summed E-state index contributed by atoms with van der Waals surface area (Å²) in [4.78, 5) is 41.0. The van der Waals surface area contributed by atoms with E-state index in [9.17, 15) is 19.5 Å². The molecule has 2 fully saturated rings. The fourth-order valence-electron chi connectivity index (χ4n) is 5.91. The van der Waals surface area contributed by atoms with Gasteiger partial charge in [0.1, 0.15) is 11.5 Å². The lowest BCUT2D eigenvalue weighted by Crippen LogP contribution is -2.60. The number of allylic oxidation sites excluding steroid dienone is 1. The number of benzene rings is 1. The number of nitrogens with two attached hydrogens (primary N) is 1. The van der Waals surface area contributed by atoms with Crippen molar-refractivity contribution in [3.05, 3.63) is 59.9 Å². The number of fused-ring (bicyclic) bond motifs is 1. The Morgan fingerprint density at radius 1 is 1.24 bits per heavy atom. The number of hydrogen-bond donors (Lipinski definition) is 2. The molecular weight excluding hydrogens is 486 g/mol. The maximum atomic E-state index is 15.3. The van der Waals surface area contributed by atoms with E-state index in [2.05, 4.69) is 4.98 Å². The first kappa shape index (κ1) is 26.4. The lowest BCUT2D eigenvalue weighted by molar-refractivity contribution is -0.202. The molecule has 196 valence electrons. The molecular formula is C27H28F2N2O6. The molecule has 1 saturated carbocycles. The zero-order chi connectivity index (χ0) is 27.1. The van der Waals surface area contributed by atoms with Crippen LogP contribution in [-0.2, 0) is 19.1 Å². The van der Waals surface area contributed by atoms with E-state index in [1.807, 2.05) is 0 Å². The lowest BCUT2D eigenvalue weighted by Gasteiger charge is -2.49. The van der Waals surface area contributed by atoms with Crippen LogP contribution >= 0.6 is 0 Å². The Morgan fingerprint density at radius 2 is 1.95 bits per heavy atom. The Morgan fingerprint density at radius 3 is 2.54 bits per heavy atom. The Bertz CT molecular complexity index is 1250. The summed E-state index contributed by atoms with van der Waals surface area (Å²) in [6, 6.07) is 10.2. The maximum Gasteiger partial charge on any atom is 0.334 e. The van der Waals surface area contributed by atoms with Crippen LogP contribution in [0.5, 0.6) is 0 Å². The van der Waals surface area contributed by atoms with Crippen molar-refractivity contribution in [3.63, 3.8) is 0 Å². The predicted molar refractivity (Wildman–Crippen MR) is 129 cm³/mol. The minimum absolute atomic E-state index is 0.341. The van der Waals surface area contributed by atoms with Crippen molar-refractivity contribution in [2.24, 2.45) is 28.9 Å². The first-order chi connectivity index (χ1) is 17.4. The number of amides is 1. The fraction of sp³-hybridized carbons (Fsp3) is 0.407. The number of rotatable bonds is 7. The second-order valence-corrected chi connectivity index (χ2v) is 9.68. The van der Waals surface area contributed by atoms with E-state index in [0.29, 0.717) is 22.4 Å². The predicted octanol–water partition coefficient (Wildman–Crippen LogP) is 3.80. The van der Waals surface area contributed by atoms with E-state index in [0.717, 1.165) is 7.11 Å². The van der Waals surface area contributed by atoms with Crippen LogP contribution in [0.3, 0.4) is 0 Å². The number of pyridine rings is 1. The van der Waals surface area contributed by atoms with Crippen LogP contribution in [0.25, 0.3) is 17.2 Å². The topological polar surface area (TPSA) is 129 Å². The summed E-state index contributed by atoms with van der Waals surface area (Å²) >= 11 is 0. The lowest BCUT2D eigenvalue weighted by atomic mass is 9.54. The molecule has 1 aliphatic carbocycles. The van der Waals surface area contributed by atoms with Crippen molar-refractivity contribution in [2.45, 2.75) is 38.4 Å². The standard InChI is InChI=1S/C27H28F2N2O6/c1-14-18(11-10-17-9-8-16(12-31-17)19-6-4-5-7-20(19)23(30)32)21-15(2)37-25(35)26(21,13-27(14,28)29)22(36-3)24(33)34/h4-12,14-15,18,21-22H,13H2,1-3H3,(H2,30,32)(H,33,34)/t14-,15+,18-,21-,22-,26+/m0/s1. The van der Waals surface area contributed by atoms with Crippen molar-refractivity contribution in [3.8, 4) is 11.1 Å². The van der Waals surface area contributed by atoms with Gasteiger partial charge in [-0.3, -0.25) is 14.6 Å². The normalized spacial score (nSPS) is 29.5. The third-order valence-corrected chi connectivity index (χ3v) is 7.67. The first-order valence-electron chi connectivity index (χ1n) is 11.8. The van der Waals surface area contributed by atoms with Crippen LogP contribution in [0.2, 0.25) is 0 Å². The highest BCUT2D eigenvalue weighted by molar-refractivity contribution is 5.99. The summed E-state index contributed by atoms with van der Waals surface area (Å²) in [5.41, 5.74) is 5.47. The van der Waals surface area contributed by atoms with Gasteiger partial charge in [-0.1, -0.05) is 37.3 Å². The SMILES string of the molecule is CO[C@@H](C(=O)O)[C@@]12CC(F)(F)[C@@H](C)[C@H](C=Cc3ccc(-c4ccccc4C(N)=O)cn3)[C@@H]1[C@@H](C)OC2=O. The van der Waals surface area contributed by atoms with Gasteiger partial charge in [-0.05, 0) is 36.6 Å². The number of alkyl halides is 2. The molecule has 1 aromatic heterocycles. The van der Waals surface area contributed by atoms with Crippen LogP contribution in [0.4, 0.5) is 8.78 Å². The summed E-state index contributed by atoms with van der Waals surface area (Å²) in [5, 5.41) is 9.74. The summed E-state index contributed by atoms with van der Waals surface area (Å²) in [6.45, 7) is 2.97. The van der Waals surface area contributed by atoms with E-state index < -0.39 is 65.6 Å². The van der Waals surface area contributed by atoms with Crippen molar-refractivity contribution in [2.75, 3.05) is 7.11 Å². The number of carboxylic acid groups (broad SMARTS) is 1. The molecule has 1 aromatic carbocycles. The van der Waals surface area contributed by atoms with Gasteiger partial charge in [-0.2, -0.15) is 0 Å². The zero-order valence-corrected chi connectivity index (χ0v) is 20.6. The molecule has 1 amide bonds. The molecule has 0 unspecified atom stereocenters. The van der Waals surface area contributed by atoms with Gasteiger partial charge in [0.15, 0.2) is 6.10 Å². The second kappa shape index (κ2) is 9.66. The van der Waals surface area contributed by atoms with E-state index in [1.165, 1.54) is 6.92 Å². The quantitative estimate of drug-likeness (QED) is 0.538. The van der Waals surface area contributed by atoms with Crippen LogP contribution in [0.15, 0.2) is 48.7 Å². The number of aliphatic carboxylic acids is 1. The first-order valence-corrected chi connectivity index (χ1v) is 11.8. The number of carbonyl (C=O) groups excluding carboxylic acids is 2. The third-order valence-electron chi connectivity index (χ3n) is 7.67. The molecule has 37 heavy (non-hydrogen) atoms. The molecule has 4 rings (SSSR count). The third kappa shape index (κ3) is 4.39. The number of esters is 1. The molecule has 0 spiro atoms. The minimum Gasteiger partial charge on any atom is -0.479 e. The molecule has 1 saturated heterocycles. The summed E-state index contributed by atoms with van der Waals surface area (Å²) in [7, 11) is 1.09. The molecule has 2 aromatic rings. The number of carboxylic acids is 1. The Balaban J connectivity index is 1.70. The smallest absolute Gasteiger partial charge is 0.334 e. The van der Waals surface area contributed by atoms with Crippen molar-refractivity contribution in [1.29, 1.82) is 0 Å². The minimum atomic E-state index is -3.35. The molecule has 1 aliphatic heterocycles. The number of hydrogen-bond acceptors (Lipinski definition) is 6. The molecule has 2 aliphatic rings. The van der Waals surface area contributed by atoms with Gasteiger partial charge in [0, 0.05) is 42.7 Å². The number of methoxy groups -OCH3 is 1. The Hall–Kier alpha value is -3.66. The second-order valence-electron chi connectivity index (χ2n) is 9.68. The number of cyclic esters (lactones) is 1. The molecule has 0 bridgehead atoms. The van der Waals surface area contributed by atoms with E-state index in [-0.39, 0.29) is 0 Å². The monoisotopic (exact) mass is 514 g/mol. The summed E-state index contributed by atoms with van der Waals surface area (Å²) in [6.07, 6.45) is 1.10. The molecule has 10 heteroatoms. The van der Waals surface area contributed by atoms with Crippen molar-refractivity contribution < 1.29 is 37.7 Å². The van der Waals surface area contributed by atoms with Crippen molar-refractivity contribution >= 4 is 23.9 Å². The van der Waals surface area contributed by atoms with Gasteiger partial charge in [-0.15, -0.1) is 0 Å². The maximum absolute atomic E-state index is 15.3. The van der Waals surface area contributed by atoms with Crippen molar-refractivity contribution in [1.82, 2.24) is 4.98 Å². The van der Waals surface area contributed by atoms with E-state index in [4.69, 9.17) is 15.2 Å². The van der Waals surface area contributed by atoms with Crippen LogP contribution < -0.4 is 5.73 Å². The van der Waals surface area contributed by atoms with E-state index >= 15 is 8.78 Å². The van der Waals surface area contributed by atoms with Gasteiger partial charge in [-0.25, -0.2) is 13.6 Å². The van der Waals surface area contributed by atoms with Gasteiger partial charge < -0.3 is 20.3 Å². The molecule has 8 nitrogen and oxygen atoms in total. The van der Waals surface area contributed by atoms with Crippen LogP contribution in [0.1, 0.15) is 36.3 Å². The Kier molecular flexibility index (Phi) is 6.89. The van der Waals surface area contributed by atoms with Crippen LogP contribution in [0, 0.1) is 23.2 Å². The molecule has 3 N–H and O–H groups in total. The van der Waals surface area contributed by atoms with Gasteiger partial charge >= 0.3 is 11.9 Å². The van der Waals surface area contributed by atoms with Crippen LogP contribution in [-0.4, -0.2) is 53.2 Å². The number of nitrogens with zero attached hydrogens (tertiary/aromatic N) is 1. The molecule has 2 heterocycles. The van der Waals surface area contributed by atoms with E-state index in [1.54, 1.807) is 61.7 Å². The number of primary amides is 1. The molecule has 0 radical (unpaired) electrons. The number of ether oxygens (including phenoxy) is 2. The number of aromatic nitrogens is 1.